The van der Waals surface area contributed by atoms with E-state index in [0.29, 0.717) is 11.4 Å². The number of aromatic nitrogens is 2. The van der Waals surface area contributed by atoms with E-state index in [1.54, 1.807) is 22.9 Å². The maximum atomic E-state index is 12.4. The first-order valence-electron chi connectivity index (χ1n) is 6.96. The van der Waals surface area contributed by atoms with Crippen LogP contribution in [0.2, 0.25) is 0 Å². The molecule has 0 saturated heterocycles. The highest BCUT2D eigenvalue weighted by Gasteiger charge is 2.14. The van der Waals surface area contributed by atoms with Crippen LogP contribution in [0.25, 0.3) is 20.8 Å². The molecule has 4 rings (SSSR count). The van der Waals surface area contributed by atoms with Crippen molar-refractivity contribution in [3.63, 3.8) is 0 Å². The summed E-state index contributed by atoms with van der Waals surface area (Å²) in [7, 11) is 0. The molecule has 1 aromatic carbocycles. The van der Waals surface area contributed by atoms with Crippen molar-refractivity contribution in [3.05, 3.63) is 65.1 Å². The van der Waals surface area contributed by atoms with Gasteiger partial charge in [0.2, 0.25) is 0 Å². The molecule has 0 atom stereocenters. The number of carbonyl (C=O) groups is 1. The van der Waals surface area contributed by atoms with Gasteiger partial charge in [-0.05, 0) is 23.6 Å². The van der Waals surface area contributed by atoms with Crippen LogP contribution < -0.4 is 5.32 Å². The van der Waals surface area contributed by atoms with Crippen molar-refractivity contribution >= 4 is 45.2 Å². The Bertz CT molecular complexity index is 971. The van der Waals surface area contributed by atoms with Crippen molar-refractivity contribution in [2.45, 2.75) is 0 Å². The lowest BCUT2D eigenvalue weighted by Gasteiger charge is -2.06. The second-order valence-electron chi connectivity index (χ2n) is 4.85. The van der Waals surface area contributed by atoms with Crippen LogP contribution in [0.1, 0.15) is 10.5 Å². The summed E-state index contributed by atoms with van der Waals surface area (Å²) < 4.78 is 0. The first-order chi connectivity index (χ1) is 11.3. The first kappa shape index (κ1) is 14.0. The minimum absolute atomic E-state index is 0.220. The summed E-state index contributed by atoms with van der Waals surface area (Å²) in [6.07, 6.45) is 1.72. The molecule has 4 nitrogen and oxygen atoms in total. The number of para-hydroxylation sites is 1. The van der Waals surface area contributed by atoms with E-state index in [1.165, 1.54) is 11.3 Å². The lowest BCUT2D eigenvalue weighted by atomic mass is 10.2. The van der Waals surface area contributed by atoms with E-state index in [4.69, 9.17) is 0 Å². The van der Waals surface area contributed by atoms with E-state index in [2.05, 4.69) is 15.3 Å². The summed E-state index contributed by atoms with van der Waals surface area (Å²) >= 11 is 3.09. The lowest BCUT2D eigenvalue weighted by Crippen LogP contribution is -2.12. The van der Waals surface area contributed by atoms with Crippen molar-refractivity contribution in [2.75, 3.05) is 5.32 Å². The van der Waals surface area contributed by atoms with Crippen LogP contribution in [0, 0.1) is 0 Å². The lowest BCUT2D eigenvalue weighted by molar-refractivity contribution is 0.102. The fourth-order valence-corrected chi connectivity index (χ4v) is 3.90. The number of thiophene rings is 1. The van der Waals surface area contributed by atoms with E-state index in [-0.39, 0.29) is 5.91 Å². The number of fused-ring (bicyclic) bond motifs is 1. The van der Waals surface area contributed by atoms with Crippen LogP contribution in [-0.2, 0) is 0 Å². The van der Waals surface area contributed by atoms with E-state index in [1.807, 2.05) is 47.8 Å². The average Bonchev–Trinajstić information content (AvgIpc) is 3.26. The molecule has 0 fully saturated rings. The molecule has 6 heteroatoms. The normalized spacial score (nSPS) is 10.8. The zero-order valence-corrected chi connectivity index (χ0v) is 13.5. The van der Waals surface area contributed by atoms with E-state index < -0.39 is 0 Å². The molecule has 0 aliphatic carbocycles. The smallest absolute Gasteiger partial charge is 0.275 e. The highest BCUT2D eigenvalue weighted by Crippen LogP contribution is 2.28. The SMILES string of the molecule is O=C(Nc1cccc2cccnc12)c1csc(-c2cccs2)n1. The number of nitrogens with zero attached hydrogens (tertiary/aromatic N) is 2. The van der Waals surface area contributed by atoms with Crippen molar-refractivity contribution in [1.82, 2.24) is 9.97 Å². The second kappa shape index (κ2) is 5.91. The predicted molar refractivity (Wildman–Crippen MR) is 95.1 cm³/mol. The Morgan fingerprint density at radius 3 is 2.83 bits per heavy atom. The third-order valence-electron chi connectivity index (χ3n) is 3.35. The monoisotopic (exact) mass is 337 g/mol. The summed E-state index contributed by atoms with van der Waals surface area (Å²) in [4.78, 5) is 22.3. The zero-order valence-electron chi connectivity index (χ0n) is 11.9. The number of nitrogens with one attached hydrogen (secondary N) is 1. The van der Waals surface area contributed by atoms with Gasteiger partial charge in [-0.2, -0.15) is 0 Å². The van der Waals surface area contributed by atoms with Crippen molar-refractivity contribution in [3.8, 4) is 9.88 Å². The Morgan fingerprint density at radius 1 is 1.04 bits per heavy atom. The Morgan fingerprint density at radius 2 is 1.96 bits per heavy atom. The molecule has 3 heterocycles. The number of pyridine rings is 1. The Labute approximate surface area is 140 Å². The minimum Gasteiger partial charge on any atom is -0.319 e. The number of hydrogen-bond donors (Lipinski definition) is 1. The van der Waals surface area contributed by atoms with Crippen LogP contribution >= 0.6 is 22.7 Å². The highest BCUT2D eigenvalue weighted by molar-refractivity contribution is 7.20. The summed E-state index contributed by atoms with van der Waals surface area (Å²) in [5, 5.41) is 8.54. The van der Waals surface area contributed by atoms with Crippen LogP contribution in [0.5, 0.6) is 0 Å². The number of anilines is 1. The van der Waals surface area contributed by atoms with Crippen LogP contribution in [-0.4, -0.2) is 15.9 Å². The van der Waals surface area contributed by atoms with Gasteiger partial charge in [-0.25, -0.2) is 4.98 Å². The number of carbonyl (C=O) groups excluding carboxylic acids is 1. The number of amides is 1. The van der Waals surface area contributed by atoms with Gasteiger partial charge in [0, 0.05) is 17.0 Å². The Hall–Kier alpha value is -2.57. The third kappa shape index (κ3) is 2.74. The molecule has 0 spiro atoms. The molecule has 0 aliphatic rings. The molecule has 0 saturated carbocycles. The molecule has 0 aliphatic heterocycles. The third-order valence-corrected chi connectivity index (χ3v) is 5.23. The van der Waals surface area contributed by atoms with Gasteiger partial charge in [0.05, 0.1) is 16.1 Å². The van der Waals surface area contributed by atoms with E-state index >= 15 is 0 Å². The fourth-order valence-electron chi connectivity index (χ4n) is 2.28. The molecule has 1 amide bonds. The minimum atomic E-state index is -0.220. The van der Waals surface area contributed by atoms with E-state index in [9.17, 15) is 4.79 Å². The topological polar surface area (TPSA) is 54.9 Å². The van der Waals surface area contributed by atoms with Crippen LogP contribution in [0.15, 0.2) is 59.4 Å². The molecular formula is C17H11N3OS2. The molecule has 3 aromatic heterocycles. The molecule has 0 radical (unpaired) electrons. The van der Waals surface area contributed by atoms with Crippen LogP contribution in [0.4, 0.5) is 5.69 Å². The average molecular weight is 337 g/mol. The molecule has 112 valence electrons. The van der Waals surface area contributed by atoms with Crippen LogP contribution in [0.3, 0.4) is 0 Å². The fraction of sp³-hybridized carbons (Fsp3) is 0. The van der Waals surface area contributed by atoms with E-state index in [0.717, 1.165) is 20.8 Å². The first-order valence-corrected chi connectivity index (χ1v) is 8.72. The maximum Gasteiger partial charge on any atom is 0.275 e. The van der Waals surface area contributed by atoms with Gasteiger partial charge in [-0.1, -0.05) is 24.3 Å². The maximum absolute atomic E-state index is 12.4. The van der Waals surface area contributed by atoms with Gasteiger partial charge in [-0.15, -0.1) is 22.7 Å². The van der Waals surface area contributed by atoms with Gasteiger partial charge in [0.15, 0.2) is 0 Å². The largest absolute Gasteiger partial charge is 0.319 e. The summed E-state index contributed by atoms with van der Waals surface area (Å²) in [6.45, 7) is 0. The zero-order chi connectivity index (χ0) is 15.6. The molecule has 23 heavy (non-hydrogen) atoms. The van der Waals surface area contributed by atoms with Gasteiger partial charge in [0.25, 0.3) is 5.91 Å². The Balaban J connectivity index is 1.62. The molecule has 4 aromatic rings. The number of thiazole rings is 1. The standard InChI is InChI=1S/C17H11N3OS2/c21-16(13-10-23-17(20-13)14-7-3-9-22-14)19-12-6-1-4-11-5-2-8-18-15(11)12/h1-10H,(H,19,21). The second-order valence-corrected chi connectivity index (χ2v) is 6.66. The number of hydrogen-bond acceptors (Lipinski definition) is 5. The number of rotatable bonds is 3. The summed E-state index contributed by atoms with van der Waals surface area (Å²) in [5.41, 5.74) is 1.89. The number of benzene rings is 1. The molecule has 1 N–H and O–H groups in total. The van der Waals surface area contributed by atoms with Crippen molar-refractivity contribution in [2.24, 2.45) is 0 Å². The predicted octanol–water partition coefficient (Wildman–Crippen LogP) is 4.67. The van der Waals surface area contributed by atoms with Crippen molar-refractivity contribution < 1.29 is 4.79 Å². The molecular weight excluding hydrogens is 326 g/mol. The van der Waals surface area contributed by atoms with Crippen molar-refractivity contribution in [1.29, 1.82) is 0 Å². The van der Waals surface area contributed by atoms with Gasteiger partial charge in [0.1, 0.15) is 10.7 Å². The molecule has 0 unspecified atom stereocenters. The summed E-state index contributed by atoms with van der Waals surface area (Å²) in [6, 6.07) is 13.5. The Kier molecular flexibility index (Phi) is 3.61. The quantitative estimate of drug-likeness (QED) is 0.591. The summed E-state index contributed by atoms with van der Waals surface area (Å²) in [5.74, 6) is -0.220. The highest BCUT2D eigenvalue weighted by atomic mass is 32.1. The van der Waals surface area contributed by atoms with Gasteiger partial charge < -0.3 is 5.32 Å². The van der Waals surface area contributed by atoms with Gasteiger partial charge in [-0.3, -0.25) is 9.78 Å². The molecule has 0 bridgehead atoms. The van der Waals surface area contributed by atoms with Gasteiger partial charge >= 0.3 is 0 Å².